The number of anilines is 1. The van der Waals surface area contributed by atoms with Gasteiger partial charge in [-0.15, -0.1) is 0 Å². The molecular weight excluding hydrogens is 252 g/mol. The Morgan fingerprint density at radius 3 is 2.15 bits per heavy atom. The monoisotopic (exact) mass is 278 g/mol. The highest BCUT2D eigenvalue weighted by Crippen LogP contribution is 2.20. The summed E-state index contributed by atoms with van der Waals surface area (Å²) in [6.45, 7) is 10.2. The van der Waals surface area contributed by atoms with Crippen molar-refractivity contribution in [2.75, 3.05) is 18.0 Å². The van der Waals surface area contributed by atoms with E-state index in [9.17, 15) is 9.90 Å². The molecule has 1 aromatic carbocycles. The van der Waals surface area contributed by atoms with Crippen molar-refractivity contribution in [3.8, 4) is 0 Å². The molecule has 2 atom stereocenters. The van der Waals surface area contributed by atoms with Gasteiger partial charge in [0.15, 0.2) is 0 Å². The average molecular weight is 278 g/mol. The molecule has 0 aromatic heterocycles. The summed E-state index contributed by atoms with van der Waals surface area (Å²) in [4.78, 5) is 13.6. The maximum absolute atomic E-state index is 11.4. The van der Waals surface area contributed by atoms with Crippen molar-refractivity contribution in [3.05, 3.63) is 29.8 Å². The Balaban J connectivity index is 2.90. The minimum Gasteiger partial charge on any atom is -0.480 e. The topological polar surface area (TPSA) is 52.6 Å². The number of nitrogens with zero attached hydrogens (tertiary/aromatic N) is 1. The van der Waals surface area contributed by atoms with Crippen LogP contribution in [0.5, 0.6) is 0 Å². The number of nitrogens with one attached hydrogen (secondary N) is 1. The second-order valence-electron chi connectivity index (χ2n) is 5.01. The summed E-state index contributed by atoms with van der Waals surface area (Å²) < 4.78 is 0. The van der Waals surface area contributed by atoms with Gasteiger partial charge in [0.2, 0.25) is 0 Å². The zero-order valence-corrected chi connectivity index (χ0v) is 12.9. The number of hydrogen-bond donors (Lipinski definition) is 2. The van der Waals surface area contributed by atoms with Crippen LogP contribution in [0.15, 0.2) is 24.3 Å². The van der Waals surface area contributed by atoms with Gasteiger partial charge < -0.3 is 10.0 Å². The quantitative estimate of drug-likeness (QED) is 0.767. The molecule has 4 nitrogen and oxygen atoms in total. The fourth-order valence-electron chi connectivity index (χ4n) is 2.18. The first-order chi connectivity index (χ1) is 9.53. The van der Waals surface area contributed by atoms with Crippen molar-refractivity contribution in [2.24, 2.45) is 0 Å². The molecule has 0 radical (unpaired) electrons. The van der Waals surface area contributed by atoms with Crippen molar-refractivity contribution >= 4 is 11.7 Å². The fourth-order valence-corrected chi connectivity index (χ4v) is 2.18. The van der Waals surface area contributed by atoms with Gasteiger partial charge in [0.25, 0.3) is 0 Å². The minimum absolute atomic E-state index is 0.179. The van der Waals surface area contributed by atoms with Gasteiger partial charge in [-0.25, -0.2) is 0 Å². The summed E-state index contributed by atoms with van der Waals surface area (Å²) in [5.74, 6) is -0.833. The number of carboxylic acid groups (broad SMARTS) is 1. The lowest BCUT2D eigenvalue weighted by Crippen LogP contribution is -2.35. The molecule has 0 saturated heterocycles. The first kappa shape index (κ1) is 16.5. The van der Waals surface area contributed by atoms with Crippen LogP contribution in [0.2, 0.25) is 0 Å². The predicted octanol–water partition coefficient (Wildman–Crippen LogP) is 3.05. The lowest BCUT2D eigenvalue weighted by molar-refractivity contribution is -0.139. The highest BCUT2D eigenvalue weighted by molar-refractivity contribution is 5.75. The van der Waals surface area contributed by atoms with Gasteiger partial charge in [0.1, 0.15) is 6.04 Å². The van der Waals surface area contributed by atoms with Gasteiger partial charge in [0, 0.05) is 24.8 Å². The SMILES string of the molecule is CCC(C)NC(C(=O)O)c1ccc(N(CC)CC)cc1. The van der Waals surface area contributed by atoms with E-state index in [-0.39, 0.29) is 6.04 Å². The highest BCUT2D eigenvalue weighted by atomic mass is 16.4. The summed E-state index contributed by atoms with van der Waals surface area (Å²) in [5.41, 5.74) is 1.93. The molecule has 1 aromatic rings. The van der Waals surface area contributed by atoms with Gasteiger partial charge in [0.05, 0.1) is 0 Å². The fraction of sp³-hybridized carbons (Fsp3) is 0.562. The molecule has 0 fully saturated rings. The Hall–Kier alpha value is -1.55. The predicted molar refractivity (Wildman–Crippen MR) is 83.3 cm³/mol. The molecule has 0 bridgehead atoms. The van der Waals surface area contributed by atoms with Crippen molar-refractivity contribution < 1.29 is 9.90 Å². The van der Waals surface area contributed by atoms with E-state index in [1.54, 1.807) is 0 Å². The van der Waals surface area contributed by atoms with Gasteiger partial charge in [-0.3, -0.25) is 10.1 Å². The van der Waals surface area contributed by atoms with E-state index in [2.05, 4.69) is 24.1 Å². The molecule has 20 heavy (non-hydrogen) atoms. The number of rotatable bonds is 8. The number of aliphatic carboxylic acids is 1. The summed E-state index contributed by atoms with van der Waals surface area (Å²) >= 11 is 0. The smallest absolute Gasteiger partial charge is 0.325 e. The summed E-state index contributed by atoms with van der Waals surface area (Å²) in [5, 5.41) is 12.5. The van der Waals surface area contributed by atoms with Crippen LogP contribution in [0, 0.1) is 0 Å². The van der Waals surface area contributed by atoms with Crippen LogP contribution in [0.3, 0.4) is 0 Å². The Labute approximate surface area is 121 Å². The Morgan fingerprint density at radius 2 is 1.75 bits per heavy atom. The maximum Gasteiger partial charge on any atom is 0.325 e. The van der Waals surface area contributed by atoms with Crippen LogP contribution in [0.1, 0.15) is 45.7 Å². The van der Waals surface area contributed by atoms with E-state index < -0.39 is 12.0 Å². The molecule has 0 aliphatic rings. The van der Waals surface area contributed by atoms with Crippen molar-refractivity contribution in [3.63, 3.8) is 0 Å². The maximum atomic E-state index is 11.4. The summed E-state index contributed by atoms with van der Waals surface area (Å²) in [6, 6.07) is 7.34. The molecule has 2 N–H and O–H groups in total. The molecule has 0 saturated carbocycles. The zero-order valence-electron chi connectivity index (χ0n) is 12.9. The van der Waals surface area contributed by atoms with Gasteiger partial charge in [-0.2, -0.15) is 0 Å². The Kier molecular flexibility index (Phi) is 6.52. The van der Waals surface area contributed by atoms with Gasteiger partial charge in [-0.1, -0.05) is 19.1 Å². The van der Waals surface area contributed by atoms with E-state index in [0.29, 0.717) is 0 Å². The molecule has 2 unspecified atom stereocenters. The first-order valence-corrected chi connectivity index (χ1v) is 7.37. The second-order valence-corrected chi connectivity index (χ2v) is 5.01. The second kappa shape index (κ2) is 7.90. The molecule has 0 amide bonds. The van der Waals surface area contributed by atoms with E-state index in [0.717, 1.165) is 30.8 Å². The van der Waals surface area contributed by atoms with Gasteiger partial charge in [-0.05, 0) is 44.9 Å². The summed E-state index contributed by atoms with van der Waals surface area (Å²) in [7, 11) is 0. The Bertz CT molecular complexity index is 413. The number of hydrogen-bond acceptors (Lipinski definition) is 3. The molecule has 0 heterocycles. The third kappa shape index (κ3) is 4.23. The third-order valence-corrected chi connectivity index (χ3v) is 3.67. The minimum atomic E-state index is -0.833. The highest BCUT2D eigenvalue weighted by Gasteiger charge is 2.21. The molecule has 112 valence electrons. The van der Waals surface area contributed by atoms with Crippen LogP contribution in [-0.2, 0) is 4.79 Å². The molecule has 4 heteroatoms. The van der Waals surface area contributed by atoms with Crippen molar-refractivity contribution in [2.45, 2.75) is 46.2 Å². The van der Waals surface area contributed by atoms with E-state index in [1.165, 1.54) is 0 Å². The number of benzene rings is 1. The van der Waals surface area contributed by atoms with Crippen LogP contribution in [0.4, 0.5) is 5.69 Å². The van der Waals surface area contributed by atoms with Crippen LogP contribution < -0.4 is 10.2 Å². The standard InChI is InChI=1S/C16H26N2O2/c1-5-12(4)17-15(16(19)20)13-8-10-14(11-9-13)18(6-2)7-3/h8-12,15,17H,5-7H2,1-4H3,(H,19,20). The van der Waals surface area contributed by atoms with Crippen LogP contribution in [-0.4, -0.2) is 30.2 Å². The third-order valence-electron chi connectivity index (χ3n) is 3.67. The van der Waals surface area contributed by atoms with Crippen molar-refractivity contribution in [1.82, 2.24) is 5.32 Å². The summed E-state index contributed by atoms with van der Waals surface area (Å²) in [6.07, 6.45) is 0.904. The number of carbonyl (C=O) groups is 1. The van der Waals surface area contributed by atoms with Crippen LogP contribution >= 0.6 is 0 Å². The first-order valence-electron chi connectivity index (χ1n) is 7.37. The molecular formula is C16H26N2O2. The molecule has 0 aliphatic heterocycles. The van der Waals surface area contributed by atoms with Crippen LogP contribution in [0.25, 0.3) is 0 Å². The number of carboxylic acids is 1. The van der Waals surface area contributed by atoms with E-state index in [4.69, 9.17) is 0 Å². The van der Waals surface area contributed by atoms with E-state index in [1.807, 2.05) is 38.1 Å². The Morgan fingerprint density at radius 1 is 1.20 bits per heavy atom. The lowest BCUT2D eigenvalue weighted by atomic mass is 10.0. The van der Waals surface area contributed by atoms with Crippen molar-refractivity contribution in [1.29, 1.82) is 0 Å². The lowest BCUT2D eigenvalue weighted by Gasteiger charge is -2.23. The van der Waals surface area contributed by atoms with E-state index >= 15 is 0 Å². The molecule has 1 rings (SSSR count). The molecule has 0 aliphatic carbocycles. The largest absolute Gasteiger partial charge is 0.480 e. The zero-order chi connectivity index (χ0) is 15.1. The normalized spacial score (nSPS) is 13.8. The average Bonchev–Trinajstić information content (AvgIpc) is 2.46. The molecule has 0 spiro atoms. The van der Waals surface area contributed by atoms with Gasteiger partial charge >= 0.3 is 5.97 Å².